The number of hydrogen-bond acceptors (Lipinski definition) is 5. The molecule has 1 aliphatic rings. The van der Waals surface area contributed by atoms with E-state index in [-0.39, 0.29) is 5.91 Å². The summed E-state index contributed by atoms with van der Waals surface area (Å²) >= 11 is 0. The van der Waals surface area contributed by atoms with Gasteiger partial charge in [0, 0.05) is 31.1 Å². The largest absolute Gasteiger partial charge is 0.338 e. The molecule has 1 saturated heterocycles. The summed E-state index contributed by atoms with van der Waals surface area (Å²) in [6, 6.07) is 18.4. The molecule has 2 aromatic carbocycles. The number of hydrogen-bond donors (Lipinski definition) is 0. The van der Waals surface area contributed by atoms with Crippen LogP contribution >= 0.6 is 0 Å². The molecule has 1 atom stereocenters. The van der Waals surface area contributed by atoms with Crippen LogP contribution in [0.15, 0.2) is 59.1 Å². The van der Waals surface area contributed by atoms with E-state index in [0.29, 0.717) is 37.3 Å². The predicted octanol–water partition coefficient (Wildman–Crippen LogP) is 4.06. The Balaban J connectivity index is 1.36. The van der Waals surface area contributed by atoms with E-state index in [4.69, 9.17) is 4.52 Å². The number of amides is 1. The summed E-state index contributed by atoms with van der Waals surface area (Å²) < 4.78 is 5.47. The van der Waals surface area contributed by atoms with Gasteiger partial charge < -0.3 is 9.42 Å². The van der Waals surface area contributed by atoms with Gasteiger partial charge in [0.2, 0.25) is 17.6 Å². The molecule has 156 valence electrons. The number of aromatic nitrogens is 2. The second-order valence-electron chi connectivity index (χ2n) is 8.02. The maximum atomic E-state index is 12.7. The number of aryl methyl sites for hydroxylation is 1. The van der Waals surface area contributed by atoms with Gasteiger partial charge in [0.25, 0.3) is 0 Å². The minimum Gasteiger partial charge on any atom is -0.338 e. The van der Waals surface area contributed by atoms with Gasteiger partial charge in [-0.2, -0.15) is 4.98 Å². The van der Waals surface area contributed by atoms with Crippen molar-refractivity contribution in [2.24, 2.45) is 0 Å². The lowest BCUT2D eigenvalue weighted by atomic mass is 10.1. The standard InChI is InChI=1S/C24H28N4O2/c1-18-8-6-7-11-20(18)16-28-15-14-21(12-13-23(28)29)27(2)17-22-25-24(26-30-22)19-9-4-3-5-10-19/h3-11,21H,12-17H2,1-2H3. The Hall–Kier alpha value is -2.99. The van der Waals surface area contributed by atoms with Crippen molar-refractivity contribution < 1.29 is 9.32 Å². The summed E-state index contributed by atoms with van der Waals surface area (Å²) in [7, 11) is 2.07. The highest BCUT2D eigenvalue weighted by molar-refractivity contribution is 5.76. The van der Waals surface area contributed by atoms with Crippen LogP contribution in [0, 0.1) is 6.92 Å². The zero-order valence-corrected chi connectivity index (χ0v) is 17.6. The second-order valence-corrected chi connectivity index (χ2v) is 8.02. The third kappa shape index (κ3) is 4.76. The zero-order valence-electron chi connectivity index (χ0n) is 17.6. The fourth-order valence-corrected chi connectivity index (χ4v) is 3.99. The number of carbonyl (C=O) groups excluding carboxylic acids is 1. The van der Waals surface area contributed by atoms with Crippen LogP contribution in [0.25, 0.3) is 11.4 Å². The lowest BCUT2D eigenvalue weighted by Gasteiger charge is -2.26. The fraction of sp³-hybridized carbons (Fsp3) is 0.375. The molecule has 0 N–H and O–H groups in total. The molecule has 0 radical (unpaired) electrons. The van der Waals surface area contributed by atoms with E-state index >= 15 is 0 Å². The fourth-order valence-electron chi connectivity index (χ4n) is 3.99. The summed E-state index contributed by atoms with van der Waals surface area (Å²) in [4.78, 5) is 21.4. The third-order valence-electron chi connectivity index (χ3n) is 5.91. The summed E-state index contributed by atoms with van der Waals surface area (Å²) in [6.45, 7) is 4.13. The van der Waals surface area contributed by atoms with Crippen molar-refractivity contribution in [1.82, 2.24) is 19.9 Å². The SMILES string of the molecule is Cc1ccccc1CN1CCC(N(C)Cc2nc(-c3ccccc3)no2)CCC1=O. The summed E-state index contributed by atoms with van der Waals surface area (Å²) in [5.74, 6) is 1.45. The molecule has 0 aliphatic carbocycles. The van der Waals surface area contributed by atoms with E-state index < -0.39 is 0 Å². The highest BCUT2D eigenvalue weighted by atomic mass is 16.5. The normalized spacial score (nSPS) is 17.4. The van der Waals surface area contributed by atoms with E-state index in [2.05, 4.69) is 41.1 Å². The summed E-state index contributed by atoms with van der Waals surface area (Å²) in [5.41, 5.74) is 3.40. The molecule has 1 aromatic heterocycles. The smallest absolute Gasteiger partial charge is 0.241 e. The van der Waals surface area contributed by atoms with Gasteiger partial charge in [-0.3, -0.25) is 9.69 Å². The van der Waals surface area contributed by atoms with E-state index in [0.717, 1.165) is 24.9 Å². The lowest BCUT2D eigenvalue weighted by Crippen LogP contribution is -2.33. The molecule has 0 saturated carbocycles. The number of rotatable bonds is 6. The molecule has 0 bridgehead atoms. The van der Waals surface area contributed by atoms with Gasteiger partial charge in [0.1, 0.15) is 0 Å². The van der Waals surface area contributed by atoms with Crippen molar-refractivity contribution in [3.05, 3.63) is 71.6 Å². The first-order chi connectivity index (χ1) is 14.6. The number of benzene rings is 2. The van der Waals surface area contributed by atoms with Gasteiger partial charge in [-0.15, -0.1) is 0 Å². The van der Waals surface area contributed by atoms with Crippen LogP contribution in [0.3, 0.4) is 0 Å². The topological polar surface area (TPSA) is 62.5 Å². The van der Waals surface area contributed by atoms with Gasteiger partial charge in [0.05, 0.1) is 6.54 Å². The van der Waals surface area contributed by atoms with Crippen molar-refractivity contribution in [3.8, 4) is 11.4 Å². The molecular weight excluding hydrogens is 376 g/mol. The first-order valence-corrected chi connectivity index (χ1v) is 10.5. The van der Waals surface area contributed by atoms with E-state index in [1.54, 1.807) is 0 Å². The maximum absolute atomic E-state index is 12.7. The van der Waals surface area contributed by atoms with Crippen LogP contribution in [0.5, 0.6) is 0 Å². The Morgan fingerprint density at radius 3 is 2.67 bits per heavy atom. The first kappa shape index (κ1) is 20.3. The number of nitrogens with zero attached hydrogens (tertiary/aromatic N) is 4. The molecule has 1 unspecified atom stereocenters. The number of likely N-dealkylation sites (tertiary alicyclic amines) is 1. The van der Waals surface area contributed by atoms with Crippen molar-refractivity contribution in [2.45, 2.75) is 45.3 Å². The molecule has 6 nitrogen and oxygen atoms in total. The molecule has 0 spiro atoms. The Bertz CT molecular complexity index is 986. The second kappa shape index (κ2) is 9.22. The van der Waals surface area contributed by atoms with Crippen molar-refractivity contribution in [1.29, 1.82) is 0 Å². The van der Waals surface area contributed by atoms with Crippen LogP contribution in [-0.2, 0) is 17.9 Å². The summed E-state index contributed by atoms with van der Waals surface area (Å²) in [5, 5.41) is 4.11. The lowest BCUT2D eigenvalue weighted by molar-refractivity contribution is -0.131. The van der Waals surface area contributed by atoms with Gasteiger partial charge in [0.15, 0.2) is 0 Å². The molecule has 4 rings (SSSR count). The van der Waals surface area contributed by atoms with E-state index in [9.17, 15) is 4.79 Å². The van der Waals surface area contributed by atoms with Gasteiger partial charge in [-0.1, -0.05) is 59.8 Å². The Kier molecular flexibility index (Phi) is 6.23. The van der Waals surface area contributed by atoms with Crippen LogP contribution < -0.4 is 0 Å². The third-order valence-corrected chi connectivity index (χ3v) is 5.91. The Morgan fingerprint density at radius 1 is 1.10 bits per heavy atom. The molecule has 1 fully saturated rings. The molecule has 30 heavy (non-hydrogen) atoms. The van der Waals surface area contributed by atoms with E-state index in [1.807, 2.05) is 47.4 Å². The van der Waals surface area contributed by atoms with E-state index in [1.165, 1.54) is 11.1 Å². The quantitative estimate of drug-likeness (QED) is 0.620. The molecule has 1 amide bonds. The van der Waals surface area contributed by atoms with Gasteiger partial charge in [-0.25, -0.2) is 0 Å². The highest BCUT2D eigenvalue weighted by Gasteiger charge is 2.26. The minimum absolute atomic E-state index is 0.235. The first-order valence-electron chi connectivity index (χ1n) is 10.5. The Morgan fingerprint density at radius 2 is 1.87 bits per heavy atom. The Labute approximate surface area is 177 Å². The molecule has 6 heteroatoms. The van der Waals surface area contributed by atoms with Crippen molar-refractivity contribution in [3.63, 3.8) is 0 Å². The monoisotopic (exact) mass is 404 g/mol. The maximum Gasteiger partial charge on any atom is 0.241 e. The van der Waals surface area contributed by atoms with Crippen LogP contribution in [-0.4, -0.2) is 45.5 Å². The van der Waals surface area contributed by atoms with Crippen molar-refractivity contribution >= 4 is 5.91 Å². The average Bonchev–Trinajstić information content (AvgIpc) is 3.14. The van der Waals surface area contributed by atoms with Crippen LogP contribution in [0.1, 0.15) is 36.3 Å². The van der Waals surface area contributed by atoms with Gasteiger partial charge in [-0.05, 0) is 37.9 Å². The predicted molar refractivity (Wildman–Crippen MR) is 115 cm³/mol. The molecule has 1 aliphatic heterocycles. The zero-order chi connectivity index (χ0) is 20.9. The number of carbonyl (C=O) groups is 1. The molecule has 3 aromatic rings. The van der Waals surface area contributed by atoms with Crippen LogP contribution in [0.2, 0.25) is 0 Å². The van der Waals surface area contributed by atoms with Gasteiger partial charge >= 0.3 is 0 Å². The average molecular weight is 405 g/mol. The minimum atomic E-state index is 0.235. The highest BCUT2D eigenvalue weighted by Crippen LogP contribution is 2.22. The summed E-state index contributed by atoms with van der Waals surface area (Å²) in [6.07, 6.45) is 2.35. The van der Waals surface area contributed by atoms with Crippen molar-refractivity contribution in [2.75, 3.05) is 13.6 Å². The van der Waals surface area contributed by atoms with Crippen LogP contribution in [0.4, 0.5) is 0 Å². The molecular formula is C24H28N4O2. The molecule has 2 heterocycles.